The van der Waals surface area contributed by atoms with Gasteiger partial charge in [0.2, 0.25) is 5.91 Å². The predicted molar refractivity (Wildman–Crippen MR) is 109 cm³/mol. The molecule has 27 heavy (non-hydrogen) atoms. The van der Waals surface area contributed by atoms with Crippen molar-refractivity contribution in [3.8, 4) is 5.75 Å². The third-order valence-corrected chi connectivity index (χ3v) is 4.05. The lowest BCUT2D eigenvalue weighted by atomic mass is 10.1. The van der Waals surface area contributed by atoms with Gasteiger partial charge in [-0.3, -0.25) is 9.59 Å². The van der Waals surface area contributed by atoms with Crippen LogP contribution in [0.3, 0.4) is 0 Å². The van der Waals surface area contributed by atoms with E-state index in [0.29, 0.717) is 13.0 Å². The van der Waals surface area contributed by atoms with E-state index in [-0.39, 0.29) is 18.4 Å². The van der Waals surface area contributed by atoms with Crippen molar-refractivity contribution in [3.63, 3.8) is 0 Å². The zero-order chi connectivity index (χ0) is 19.7. The smallest absolute Gasteiger partial charge is 0.259 e. The summed E-state index contributed by atoms with van der Waals surface area (Å²) in [6, 6.07) is 7.39. The molecule has 6 heteroatoms. The van der Waals surface area contributed by atoms with E-state index in [4.69, 9.17) is 4.74 Å². The Morgan fingerprint density at radius 2 is 1.63 bits per heavy atom. The van der Waals surface area contributed by atoms with Crippen molar-refractivity contribution in [1.29, 1.82) is 0 Å². The van der Waals surface area contributed by atoms with E-state index in [1.807, 2.05) is 31.2 Å². The highest BCUT2D eigenvalue weighted by molar-refractivity contribution is 5.86. The fourth-order valence-corrected chi connectivity index (χ4v) is 2.55. The van der Waals surface area contributed by atoms with Crippen LogP contribution in [0.5, 0.6) is 5.75 Å². The Balaban J connectivity index is 2.11. The molecular formula is C21H33N3O3. The summed E-state index contributed by atoms with van der Waals surface area (Å²) in [5.74, 6) is 0.363. The summed E-state index contributed by atoms with van der Waals surface area (Å²) < 4.78 is 5.36. The molecule has 1 aromatic rings. The standard InChI is InChI=1S/C21H33N3O3/c1-3-5-6-7-8-9-10-11-20(25)22-17-21(26)24-23-16-18-12-14-19(15-13-18)27-4-2/h12-16H,3-11,17H2,1-2H3,(H,22,25)(H,24,26). The molecular weight excluding hydrogens is 342 g/mol. The van der Waals surface area contributed by atoms with Crippen molar-refractivity contribution in [2.24, 2.45) is 5.10 Å². The first kappa shape index (κ1) is 22.7. The van der Waals surface area contributed by atoms with Crippen LogP contribution in [0.25, 0.3) is 0 Å². The lowest BCUT2D eigenvalue weighted by molar-refractivity contribution is -0.126. The first-order chi connectivity index (χ1) is 13.2. The number of unbranched alkanes of at least 4 members (excludes halogenated alkanes) is 6. The molecule has 1 aromatic carbocycles. The largest absolute Gasteiger partial charge is 0.494 e. The molecule has 1 rings (SSSR count). The van der Waals surface area contributed by atoms with E-state index in [1.165, 1.54) is 32.1 Å². The first-order valence-corrected chi connectivity index (χ1v) is 9.97. The van der Waals surface area contributed by atoms with Gasteiger partial charge in [-0.05, 0) is 43.2 Å². The average Bonchev–Trinajstić information content (AvgIpc) is 2.67. The van der Waals surface area contributed by atoms with Gasteiger partial charge in [-0.1, -0.05) is 45.4 Å². The number of rotatable bonds is 14. The van der Waals surface area contributed by atoms with E-state index in [9.17, 15) is 9.59 Å². The van der Waals surface area contributed by atoms with Crippen LogP contribution >= 0.6 is 0 Å². The van der Waals surface area contributed by atoms with Crippen LogP contribution in [-0.4, -0.2) is 31.2 Å². The van der Waals surface area contributed by atoms with Gasteiger partial charge in [-0.2, -0.15) is 5.10 Å². The van der Waals surface area contributed by atoms with Gasteiger partial charge >= 0.3 is 0 Å². The minimum absolute atomic E-state index is 0.0596. The molecule has 0 saturated heterocycles. The summed E-state index contributed by atoms with van der Waals surface area (Å²) in [6.45, 7) is 4.69. The molecule has 0 saturated carbocycles. The molecule has 0 bridgehead atoms. The van der Waals surface area contributed by atoms with Gasteiger partial charge in [0.05, 0.1) is 19.4 Å². The Hall–Kier alpha value is -2.37. The average molecular weight is 376 g/mol. The highest BCUT2D eigenvalue weighted by Crippen LogP contribution is 2.10. The molecule has 2 amide bonds. The molecule has 150 valence electrons. The molecule has 0 spiro atoms. The van der Waals surface area contributed by atoms with Crippen molar-refractivity contribution in [1.82, 2.24) is 10.7 Å². The van der Waals surface area contributed by atoms with Gasteiger partial charge in [-0.25, -0.2) is 5.43 Å². The molecule has 0 radical (unpaired) electrons. The number of nitrogens with zero attached hydrogens (tertiary/aromatic N) is 1. The Labute approximate surface area is 162 Å². The molecule has 2 N–H and O–H groups in total. The Kier molecular flexibility index (Phi) is 12.4. The Bertz CT molecular complexity index is 571. The Morgan fingerprint density at radius 1 is 0.963 bits per heavy atom. The van der Waals surface area contributed by atoms with Gasteiger partial charge in [0.15, 0.2) is 0 Å². The third kappa shape index (κ3) is 11.8. The molecule has 0 atom stereocenters. The summed E-state index contributed by atoms with van der Waals surface area (Å²) in [7, 11) is 0. The lowest BCUT2D eigenvalue weighted by Gasteiger charge is -2.05. The first-order valence-electron chi connectivity index (χ1n) is 9.97. The molecule has 0 aliphatic carbocycles. The molecule has 6 nitrogen and oxygen atoms in total. The van der Waals surface area contributed by atoms with Gasteiger partial charge < -0.3 is 10.1 Å². The lowest BCUT2D eigenvalue weighted by Crippen LogP contribution is -2.34. The summed E-state index contributed by atoms with van der Waals surface area (Å²) in [4.78, 5) is 23.4. The van der Waals surface area contributed by atoms with Crippen molar-refractivity contribution in [3.05, 3.63) is 29.8 Å². The number of nitrogens with one attached hydrogen (secondary N) is 2. The molecule has 0 fully saturated rings. The SMILES string of the molecule is CCCCCCCCCC(=O)NCC(=O)NN=Cc1ccc(OCC)cc1. The molecule has 0 aliphatic rings. The third-order valence-electron chi connectivity index (χ3n) is 4.05. The van der Waals surface area contributed by atoms with Crippen molar-refractivity contribution >= 4 is 18.0 Å². The summed E-state index contributed by atoms with van der Waals surface area (Å²) in [5.41, 5.74) is 3.26. The van der Waals surface area contributed by atoms with Gasteiger partial charge in [-0.15, -0.1) is 0 Å². The van der Waals surface area contributed by atoms with Crippen LogP contribution < -0.4 is 15.5 Å². The maximum Gasteiger partial charge on any atom is 0.259 e. The Morgan fingerprint density at radius 3 is 2.30 bits per heavy atom. The van der Waals surface area contributed by atoms with Crippen LogP contribution in [-0.2, 0) is 9.59 Å². The fraction of sp³-hybridized carbons (Fsp3) is 0.571. The van der Waals surface area contributed by atoms with Crippen molar-refractivity contribution in [2.45, 2.75) is 65.2 Å². The van der Waals surface area contributed by atoms with E-state index >= 15 is 0 Å². The molecule has 0 aliphatic heterocycles. The number of amides is 2. The summed E-state index contributed by atoms with van der Waals surface area (Å²) >= 11 is 0. The van der Waals surface area contributed by atoms with Gasteiger partial charge in [0.25, 0.3) is 5.91 Å². The van der Waals surface area contributed by atoms with E-state index in [2.05, 4.69) is 22.8 Å². The second-order valence-electron chi connectivity index (χ2n) is 6.44. The maximum absolute atomic E-state index is 11.7. The maximum atomic E-state index is 11.7. The number of hydrazone groups is 1. The molecule has 0 aromatic heterocycles. The molecule has 0 unspecified atom stereocenters. The van der Waals surface area contributed by atoms with E-state index in [0.717, 1.165) is 24.2 Å². The number of hydrogen-bond acceptors (Lipinski definition) is 4. The van der Waals surface area contributed by atoms with E-state index in [1.54, 1.807) is 6.21 Å². The summed E-state index contributed by atoms with van der Waals surface area (Å²) in [6.07, 6.45) is 10.2. The monoisotopic (exact) mass is 375 g/mol. The number of ether oxygens (including phenoxy) is 1. The van der Waals surface area contributed by atoms with Crippen molar-refractivity contribution in [2.75, 3.05) is 13.2 Å². The van der Waals surface area contributed by atoms with Crippen LogP contribution in [0.15, 0.2) is 29.4 Å². The zero-order valence-corrected chi connectivity index (χ0v) is 16.6. The number of benzene rings is 1. The fourth-order valence-electron chi connectivity index (χ4n) is 2.55. The highest BCUT2D eigenvalue weighted by atomic mass is 16.5. The van der Waals surface area contributed by atoms with Crippen LogP contribution in [0.1, 0.15) is 70.8 Å². The summed E-state index contributed by atoms with van der Waals surface area (Å²) in [5, 5.41) is 6.51. The quantitative estimate of drug-likeness (QED) is 0.295. The van der Waals surface area contributed by atoms with Gasteiger partial charge in [0, 0.05) is 6.42 Å². The van der Waals surface area contributed by atoms with Crippen molar-refractivity contribution < 1.29 is 14.3 Å². The van der Waals surface area contributed by atoms with Crippen LogP contribution in [0, 0.1) is 0 Å². The second-order valence-corrected chi connectivity index (χ2v) is 6.44. The van der Waals surface area contributed by atoms with Crippen LogP contribution in [0.2, 0.25) is 0 Å². The topological polar surface area (TPSA) is 79.8 Å². The predicted octanol–water partition coefficient (Wildman–Crippen LogP) is 3.79. The normalized spacial score (nSPS) is 10.7. The minimum Gasteiger partial charge on any atom is -0.494 e. The van der Waals surface area contributed by atoms with Gasteiger partial charge in [0.1, 0.15) is 5.75 Å². The highest BCUT2D eigenvalue weighted by Gasteiger charge is 2.04. The zero-order valence-electron chi connectivity index (χ0n) is 16.6. The second kappa shape index (κ2) is 14.8. The number of carbonyl (C=O) groups is 2. The van der Waals surface area contributed by atoms with E-state index < -0.39 is 0 Å². The molecule has 0 heterocycles. The van der Waals surface area contributed by atoms with Crippen LogP contribution in [0.4, 0.5) is 0 Å². The number of carbonyl (C=O) groups excluding carboxylic acids is 2. The number of hydrogen-bond donors (Lipinski definition) is 2. The minimum atomic E-state index is -0.342.